The molecule has 2 aliphatic heterocycles. The molecule has 170 valence electrons. The van der Waals surface area contributed by atoms with Crippen LogP contribution in [0.2, 0.25) is 0 Å². The van der Waals surface area contributed by atoms with Crippen molar-refractivity contribution >= 4 is 17.1 Å². The molecule has 5 nitrogen and oxygen atoms in total. The normalized spacial score (nSPS) is 19.2. The summed E-state index contributed by atoms with van der Waals surface area (Å²) in [6.07, 6.45) is 4.75. The van der Waals surface area contributed by atoms with Gasteiger partial charge in [0.25, 0.3) is 0 Å². The zero-order valence-corrected chi connectivity index (χ0v) is 20.0. The van der Waals surface area contributed by atoms with E-state index in [-0.39, 0.29) is 5.78 Å². The maximum atomic E-state index is 13.1. The molecule has 0 amide bonds. The maximum absolute atomic E-state index is 13.1. The fraction of sp³-hybridized carbons (Fsp3) is 0.640. The number of carbonyl (C=O) groups excluding carboxylic acids is 1. The Kier molecular flexibility index (Phi) is 7.99. The van der Waals surface area contributed by atoms with Gasteiger partial charge in [-0.15, -0.1) is 11.3 Å². The second-order valence-electron chi connectivity index (χ2n) is 9.15. The maximum Gasteiger partial charge on any atom is 0.178 e. The summed E-state index contributed by atoms with van der Waals surface area (Å²) >= 11 is 1.81. The molecule has 2 aromatic rings. The summed E-state index contributed by atoms with van der Waals surface area (Å²) in [6.45, 7) is 13.0. The molecule has 6 heteroatoms. The summed E-state index contributed by atoms with van der Waals surface area (Å²) in [4.78, 5) is 19.4. The van der Waals surface area contributed by atoms with Gasteiger partial charge in [0.2, 0.25) is 0 Å². The minimum absolute atomic E-state index is 0.280. The Labute approximate surface area is 191 Å². The highest BCUT2D eigenvalue weighted by Gasteiger charge is 2.24. The lowest BCUT2D eigenvalue weighted by Crippen LogP contribution is -2.40. The minimum atomic E-state index is 0.280. The van der Waals surface area contributed by atoms with Crippen LogP contribution in [0.1, 0.15) is 45.9 Å². The molecule has 2 fully saturated rings. The fourth-order valence-electron chi connectivity index (χ4n) is 5.02. The smallest absolute Gasteiger partial charge is 0.178 e. The summed E-state index contributed by atoms with van der Waals surface area (Å²) in [5, 5.41) is 2.13. The molecule has 31 heavy (non-hydrogen) atoms. The van der Waals surface area contributed by atoms with Crippen LogP contribution in [0.15, 0.2) is 23.6 Å². The Hall–Kier alpha value is -1.47. The van der Waals surface area contributed by atoms with Crippen molar-refractivity contribution in [2.24, 2.45) is 5.92 Å². The number of thiophene rings is 1. The van der Waals surface area contributed by atoms with E-state index in [0.29, 0.717) is 6.54 Å². The van der Waals surface area contributed by atoms with E-state index >= 15 is 0 Å². The van der Waals surface area contributed by atoms with Crippen molar-refractivity contribution < 1.29 is 9.53 Å². The van der Waals surface area contributed by atoms with Crippen LogP contribution >= 0.6 is 11.3 Å². The van der Waals surface area contributed by atoms with Crippen LogP contribution in [0, 0.1) is 19.8 Å². The van der Waals surface area contributed by atoms with E-state index in [4.69, 9.17) is 4.74 Å². The first-order chi connectivity index (χ1) is 15.1. The third-order valence-corrected chi connectivity index (χ3v) is 8.00. The molecule has 2 saturated heterocycles. The molecular weight excluding hydrogens is 406 g/mol. The first-order valence-electron chi connectivity index (χ1n) is 11.8. The van der Waals surface area contributed by atoms with Crippen LogP contribution in [-0.4, -0.2) is 72.6 Å². The van der Waals surface area contributed by atoms with Gasteiger partial charge in [0.15, 0.2) is 5.78 Å². The van der Waals surface area contributed by atoms with Crippen molar-refractivity contribution in [1.82, 2.24) is 14.4 Å². The van der Waals surface area contributed by atoms with E-state index in [0.717, 1.165) is 69.5 Å². The predicted molar refractivity (Wildman–Crippen MR) is 127 cm³/mol. The monoisotopic (exact) mass is 443 g/mol. The topological polar surface area (TPSA) is 37.7 Å². The Balaban J connectivity index is 1.23. The van der Waals surface area contributed by atoms with Crippen LogP contribution < -0.4 is 0 Å². The van der Waals surface area contributed by atoms with Crippen LogP contribution in [0.5, 0.6) is 0 Å². The standard InChI is InChI=1S/C25H37N3O2S/c1-20-18-24(21(2)28(20)12-8-23-4-3-17-31-23)25(29)19-27-10-6-22(7-11-27)5-9-26-13-15-30-16-14-26/h3-4,17-18,22H,5-16,19H2,1-2H3. The number of nitrogens with zero attached hydrogens (tertiary/aromatic N) is 3. The van der Waals surface area contributed by atoms with E-state index in [1.54, 1.807) is 11.3 Å². The third-order valence-electron chi connectivity index (χ3n) is 7.07. The number of ether oxygens (including phenoxy) is 1. The largest absolute Gasteiger partial charge is 0.379 e. The molecule has 4 rings (SSSR count). The van der Waals surface area contributed by atoms with E-state index in [9.17, 15) is 4.79 Å². The van der Waals surface area contributed by atoms with Crippen LogP contribution in [0.25, 0.3) is 0 Å². The lowest BCUT2D eigenvalue weighted by Gasteiger charge is -2.33. The highest BCUT2D eigenvalue weighted by atomic mass is 32.1. The molecule has 2 aromatic heterocycles. The molecule has 0 bridgehead atoms. The SMILES string of the molecule is Cc1cc(C(=O)CN2CCC(CCN3CCOCC3)CC2)c(C)n1CCc1cccs1. The Bertz CT molecular complexity index is 831. The Morgan fingerprint density at radius 3 is 2.58 bits per heavy atom. The fourth-order valence-corrected chi connectivity index (χ4v) is 5.71. The van der Waals surface area contributed by atoms with Gasteiger partial charge in [0.05, 0.1) is 19.8 Å². The number of hydrogen-bond donors (Lipinski definition) is 0. The van der Waals surface area contributed by atoms with Gasteiger partial charge in [0, 0.05) is 41.5 Å². The molecule has 0 atom stereocenters. The molecule has 2 aliphatic rings. The molecule has 0 aromatic carbocycles. The first-order valence-corrected chi connectivity index (χ1v) is 12.7. The molecule has 0 N–H and O–H groups in total. The van der Waals surface area contributed by atoms with Crippen LogP contribution in [-0.2, 0) is 17.7 Å². The minimum Gasteiger partial charge on any atom is -0.379 e. The molecule has 0 radical (unpaired) electrons. The van der Waals surface area contributed by atoms with Crippen molar-refractivity contribution in [1.29, 1.82) is 0 Å². The van der Waals surface area contributed by atoms with Crippen molar-refractivity contribution in [3.63, 3.8) is 0 Å². The Morgan fingerprint density at radius 1 is 1.10 bits per heavy atom. The number of aromatic nitrogens is 1. The van der Waals surface area contributed by atoms with Crippen molar-refractivity contribution in [2.75, 3.05) is 52.5 Å². The van der Waals surface area contributed by atoms with E-state index in [2.05, 4.69) is 51.8 Å². The average molecular weight is 444 g/mol. The van der Waals surface area contributed by atoms with Gasteiger partial charge in [0.1, 0.15) is 0 Å². The number of aryl methyl sites for hydroxylation is 2. The number of ketones is 1. The second kappa shape index (κ2) is 10.9. The quantitative estimate of drug-likeness (QED) is 0.549. The van der Waals surface area contributed by atoms with Crippen LogP contribution in [0.3, 0.4) is 0 Å². The zero-order valence-electron chi connectivity index (χ0n) is 19.1. The molecular formula is C25H37N3O2S. The van der Waals surface area contributed by atoms with Gasteiger partial charge in [-0.1, -0.05) is 6.07 Å². The summed E-state index contributed by atoms with van der Waals surface area (Å²) in [5.74, 6) is 1.08. The molecule has 0 aliphatic carbocycles. The number of piperidine rings is 1. The van der Waals surface area contributed by atoms with Gasteiger partial charge in [-0.2, -0.15) is 0 Å². The average Bonchev–Trinajstić information content (AvgIpc) is 3.40. The third kappa shape index (κ3) is 6.07. The summed E-state index contributed by atoms with van der Waals surface area (Å²) in [6, 6.07) is 6.40. The summed E-state index contributed by atoms with van der Waals surface area (Å²) in [5.41, 5.74) is 3.23. The van der Waals surface area contributed by atoms with Crippen LogP contribution in [0.4, 0.5) is 0 Å². The molecule has 0 saturated carbocycles. The lowest BCUT2D eigenvalue weighted by molar-refractivity contribution is 0.0335. The Morgan fingerprint density at radius 2 is 1.87 bits per heavy atom. The number of Topliss-reactive ketones (excluding diaryl/α,β-unsaturated/α-hetero) is 1. The molecule has 4 heterocycles. The van der Waals surface area contributed by atoms with Gasteiger partial charge >= 0.3 is 0 Å². The zero-order chi connectivity index (χ0) is 21.6. The highest BCUT2D eigenvalue weighted by Crippen LogP contribution is 2.23. The van der Waals surface area contributed by atoms with E-state index < -0.39 is 0 Å². The van der Waals surface area contributed by atoms with E-state index in [1.165, 1.54) is 36.4 Å². The van der Waals surface area contributed by atoms with Gasteiger partial charge < -0.3 is 9.30 Å². The number of morpholine rings is 1. The second-order valence-corrected chi connectivity index (χ2v) is 10.2. The lowest BCUT2D eigenvalue weighted by atomic mass is 9.93. The number of rotatable bonds is 9. The number of likely N-dealkylation sites (tertiary alicyclic amines) is 1. The first kappa shape index (κ1) is 22.7. The van der Waals surface area contributed by atoms with E-state index in [1.807, 2.05) is 0 Å². The van der Waals surface area contributed by atoms with Crippen molar-refractivity contribution in [3.8, 4) is 0 Å². The van der Waals surface area contributed by atoms with Gasteiger partial charge in [-0.05, 0) is 82.6 Å². The highest BCUT2D eigenvalue weighted by molar-refractivity contribution is 7.09. The summed E-state index contributed by atoms with van der Waals surface area (Å²) in [7, 11) is 0. The molecule has 0 spiro atoms. The summed E-state index contributed by atoms with van der Waals surface area (Å²) < 4.78 is 7.76. The number of carbonyl (C=O) groups is 1. The number of hydrogen-bond acceptors (Lipinski definition) is 5. The van der Waals surface area contributed by atoms with Gasteiger partial charge in [-0.25, -0.2) is 0 Å². The van der Waals surface area contributed by atoms with Gasteiger partial charge in [-0.3, -0.25) is 14.6 Å². The van der Waals surface area contributed by atoms with Crippen molar-refractivity contribution in [2.45, 2.75) is 46.1 Å². The van der Waals surface area contributed by atoms with Crippen molar-refractivity contribution in [3.05, 3.63) is 45.4 Å². The molecule has 0 unspecified atom stereocenters. The predicted octanol–water partition coefficient (Wildman–Crippen LogP) is 4.03.